The molecule has 1 aromatic carbocycles. The fourth-order valence-corrected chi connectivity index (χ4v) is 2.32. The lowest BCUT2D eigenvalue weighted by atomic mass is 9.78. The van der Waals surface area contributed by atoms with Crippen LogP contribution >= 0.6 is 11.6 Å². The van der Waals surface area contributed by atoms with Gasteiger partial charge in [-0.2, -0.15) is 0 Å². The van der Waals surface area contributed by atoms with Crippen LogP contribution in [0.5, 0.6) is 0 Å². The van der Waals surface area contributed by atoms with Crippen LogP contribution in [0.2, 0.25) is 5.02 Å². The smallest absolute Gasteiger partial charge is 0.466 e. The molecule has 2 rings (SSSR count). The summed E-state index contributed by atoms with van der Waals surface area (Å²) >= 11 is 6.33. The van der Waals surface area contributed by atoms with Crippen molar-refractivity contribution in [3.63, 3.8) is 0 Å². The molecule has 6 heteroatoms. The molecule has 22 heavy (non-hydrogen) atoms. The van der Waals surface area contributed by atoms with E-state index in [-0.39, 0.29) is 0 Å². The van der Waals surface area contributed by atoms with Gasteiger partial charge >= 0.3 is 13.1 Å². The Morgan fingerprint density at radius 2 is 1.82 bits per heavy atom. The third kappa shape index (κ3) is 3.37. The number of rotatable bonds is 3. The second-order valence-electron chi connectivity index (χ2n) is 6.23. The summed E-state index contributed by atoms with van der Waals surface area (Å²) in [5.41, 5.74) is 0.751. The molecule has 1 saturated heterocycles. The highest BCUT2D eigenvalue weighted by Crippen LogP contribution is 2.37. The first-order valence-corrected chi connectivity index (χ1v) is 7.45. The summed E-state index contributed by atoms with van der Waals surface area (Å²) in [5.74, 6) is -0.411. The van der Waals surface area contributed by atoms with Gasteiger partial charge < -0.3 is 14.0 Å². The maximum Gasteiger partial charge on any atom is 0.496 e. The third-order valence-electron chi connectivity index (χ3n) is 4.14. The molecule has 4 nitrogen and oxygen atoms in total. The lowest BCUT2D eigenvalue weighted by Gasteiger charge is -2.32. The molecule has 0 amide bonds. The molecular weight excluding hydrogens is 302 g/mol. The van der Waals surface area contributed by atoms with Crippen molar-refractivity contribution in [3.05, 3.63) is 34.9 Å². The van der Waals surface area contributed by atoms with Crippen LogP contribution in [0.3, 0.4) is 0 Å². The lowest BCUT2D eigenvalue weighted by molar-refractivity contribution is -0.134. The van der Waals surface area contributed by atoms with Gasteiger partial charge in [-0.25, -0.2) is 4.79 Å². The van der Waals surface area contributed by atoms with Gasteiger partial charge in [0.15, 0.2) is 0 Å². The Labute approximate surface area is 136 Å². The van der Waals surface area contributed by atoms with E-state index < -0.39 is 24.3 Å². The van der Waals surface area contributed by atoms with Crippen LogP contribution in [0.4, 0.5) is 0 Å². The van der Waals surface area contributed by atoms with E-state index in [1.54, 1.807) is 12.1 Å². The van der Waals surface area contributed by atoms with Crippen LogP contribution in [-0.4, -0.2) is 31.4 Å². The zero-order valence-electron chi connectivity index (χ0n) is 13.5. The first-order valence-electron chi connectivity index (χ1n) is 7.07. The average molecular weight is 323 g/mol. The summed E-state index contributed by atoms with van der Waals surface area (Å²) in [6, 6.07) is 5.47. The van der Waals surface area contributed by atoms with Gasteiger partial charge in [0, 0.05) is 16.6 Å². The van der Waals surface area contributed by atoms with Crippen molar-refractivity contribution in [1.82, 2.24) is 0 Å². The predicted octanol–water partition coefficient (Wildman–Crippen LogP) is 2.83. The molecule has 0 radical (unpaired) electrons. The number of esters is 1. The fraction of sp³-hybridized carbons (Fsp3) is 0.438. The van der Waals surface area contributed by atoms with Crippen LogP contribution in [0.25, 0.3) is 6.08 Å². The number of carbonyl (C=O) groups excluding carboxylic acids is 1. The molecule has 0 N–H and O–H groups in total. The first kappa shape index (κ1) is 17.1. The van der Waals surface area contributed by atoms with Gasteiger partial charge in [0.25, 0.3) is 0 Å². The Kier molecular flexibility index (Phi) is 4.71. The molecule has 0 aliphatic carbocycles. The SMILES string of the molecule is COC(=O)/C=C/c1ccc(B2OC(C)(C)C(C)(C)O2)c(Cl)c1. The van der Waals surface area contributed by atoms with Gasteiger partial charge in [-0.3, -0.25) is 0 Å². The molecule has 0 saturated carbocycles. The minimum atomic E-state index is -0.504. The highest BCUT2D eigenvalue weighted by Gasteiger charge is 2.52. The first-order chi connectivity index (χ1) is 10.2. The molecule has 0 unspecified atom stereocenters. The second-order valence-corrected chi connectivity index (χ2v) is 6.63. The number of carbonyl (C=O) groups is 1. The standard InChI is InChI=1S/C16H20BClO4/c1-15(2)16(3,4)22-17(21-15)12-8-6-11(10-13(12)18)7-9-14(19)20-5/h6-10H,1-5H3/b9-7+. The average Bonchev–Trinajstić information content (AvgIpc) is 2.64. The zero-order valence-corrected chi connectivity index (χ0v) is 14.2. The van der Waals surface area contributed by atoms with Gasteiger partial charge in [0.1, 0.15) is 0 Å². The van der Waals surface area contributed by atoms with E-state index in [9.17, 15) is 4.79 Å². The van der Waals surface area contributed by atoms with Gasteiger partial charge in [0.2, 0.25) is 0 Å². The number of halogens is 1. The maximum atomic E-state index is 11.1. The van der Waals surface area contributed by atoms with Crippen molar-refractivity contribution in [2.75, 3.05) is 7.11 Å². The zero-order chi connectivity index (χ0) is 16.5. The van der Waals surface area contributed by atoms with Crippen LogP contribution in [-0.2, 0) is 18.8 Å². The molecule has 118 valence electrons. The quantitative estimate of drug-likeness (QED) is 0.488. The Balaban J connectivity index is 2.21. The highest BCUT2D eigenvalue weighted by molar-refractivity contribution is 6.65. The summed E-state index contributed by atoms with van der Waals surface area (Å²) in [5, 5.41) is 0.533. The van der Waals surface area contributed by atoms with E-state index in [1.807, 2.05) is 39.8 Å². The van der Waals surface area contributed by atoms with Gasteiger partial charge in [0.05, 0.1) is 18.3 Å². The topological polar surface area (TPSA) is 44.8 Å². The van der Waals surface area contributed by atoms with Crippen molar-refractivity contribution >= 4 is 36.2 Å². The van der Waals surface area contributed by atoms with Gasteiger partial charge in [-0.1, -0.05) is 23.7 Å². The summed E-state index contributed by atoms with van der Waals surface area (Å²) in [6.07, 6.45) is 2.99. The monoisotopic (exact) mass is 322 g/mol. The van der Waals surface area contributed by atoms with E-state index in [4.69, 9.17) is 20.9 Å². The Hall–Kier alpha value is -1.30. The van der Waals surface area contributed by atoms with E-state index in [1.165, 1.54) is 13.2 Å². The molecule has 1 aliphatic heterocycles. The highest BCUT2D eigenvalue weighted by atomic mass is 35.5. The molecule has 0 atom stereocenters. The van der Waals surface area contributed by atoms with Crippen molar-refractivity contribution in [2.24, 2.45) is 0 Å². The number of hydrogen-bond acceptors (Lipinski definition) is 4. The maximum absolute atomic E-state index is 11.1. The van der Waals surface area contributed by atoms with Crippen molar-refractivity contribution < 1.29 is 18.8 Å². The number of hydrogen-bond donors (Lipinski definition) is 0. The molecule has 1 aliphatic rings. The molecule has 0 aromatic heterocycles. The number of benzene rings is 1. The summed E-state index contributed by atoms with van der Waals surface area (Å²) in [7, 11) is 0.831. The van der Waals surface area contributed by atoms with Gasteiger partial charge in [-0.05, 0) is 45.4 Å². The third-order valence-corrected chi connectivity index (χ3v) is 4.47. The predicted molar refractivity (Wildman–Crippen MR) is 88.2 cm³/mol. The summed E-state index contributed by atoms with van der Waals surface area (Å²) in [4.78, 5) is 11.1. The van der Waals surface area contributed by atoms with Crippen LogP contribution in [0, 0.1) is 0 Å². The van der Waals surface area contributed by atoms with Crippen molar-refractivity contribution in [3.8, 4) is 0 Å². The Morgan fingerprint density at radius 1 is 1.23 bits per heavy atom. The fourth-order valence-electron chi connectivity index (χ4n) is 2.04. The van der Waals surface area contributed by atoms with Crippen LogP contribution in [0.15, 0.2) is 24.3 Å². The van der Waals surface area contributed by atoms with Gasteiger partial charge in [-0.15, -0.1) is 0 Å². The minimum absolute atomic E-state index is 0.411. The molecule has 0 spiro atoms. The largest absolute Gasteiger partial charge is 0.496 e. The Bertz CT molecular complexity index is 594. The summed E-state index contributed by atoms with van der Waals surface area (Å²) < 4.78 is 16.5. The molecule has 1 heterocycles. The molecule has 1 aromatic rings. The van der Waals surface area contributed by atoms with Crippen LogP contribution in [0.1, 0.15) is 33.3 Å². The number of methoxy groups -OCH3 is 1. The normalized spacial score (nSPS) is 19.6. The number of ether oxygens (including phenoxy) is 1. The van der Waals surface area contributed by atoms with Crippen molar-refractivity contribution in [2.45, 2.75) is 38.9 Å². The lowest BCUT2D eigenvalue weighted by Crippen LogP contribution is -2.41. The van der Waals surface area contributed by atoms with Crippen LogP contribution < -0.4 is 5.46 Å². The van der Waals surface area contributed by atoms with E-state index >= 15 is 0 Å². The van der Waals surface area contributed by atoms with Crippen molar-refractivity contribution in [1.29, 1.82) is 0 Å². The van der Waals surface area contributed by atoms with E-state index in [0.717, 1.165) is 11.0 Å². The second kappa shape index (κ2) is 6.07. The molecule has 0 bridgehead atoms. The molecular formula is C16H20BClO4. The van der Waals surface area contributed by atoms with E-state index in [0.29, 0.717) is 5.02 Å². The molecule has 1 fully saturated rings. The summed E-state index contributed by atoms with van der Waals surface area (Å²) in [6.45, 7) is 7.98. The minimum Gasteiger partial charge on any atom is -0.466 e. The van der Waals surface area contributed by atoms with E-state index in [2.05, 4.69) is 4.74 Å². The Morgan fingerprint density at radius 3 is 2.32 bits per heavy atom.